The first kappa shape index (κ1) is 24.3. The number of piperidine rings is 1. The third-order valence-corrected chi connectivity index (χ3v) is 5.96. The highest BCUT2D eigenvalue weighted by atomic mass is 19.3. The number of hydrogen-bond acceptors (Lipinski definition) is 6. The van der Waals surface area contributed by atoms with E-state index in [0.29, 0.717) is 37.5 Å². The van der Waals surface area contributed by atoms with Crippen molar-refractivity contribution in [3.63, 3.8) is 0 Å². The zero-order valence-corrected chi connectivity index (χ0v) is 18.6. The molecule has 32 heavy (non-hydrogen) atoms. The number of benzene rings is 1. The number of anilines is 1. The maximum atomic E-state index is 13.3. The molecule has 0 aromatic heterocycles. The van der Waals surface area contributed by atoms with Crippen LogP contribution in [0.25, 0.3) is 0 Å². The molecule has 3 N–H and O–H groups in total. The second-order valence-electron chi connectivity index (χ2n) is 8.80. The van der Waals surface area contributed by atoms with Crippen LogP contribution in [0.15, 0.2) is 18.2 Å². The summed E-state index contributed by atoms with van der Waals surface area (Å²) >= 11 is 0. The molecular formula is C22H32F2N4O4. The smallest absolute Gasteiger partial charge is 0.250 e. The van der Waals surface area contributed by atoms with Crippen LogP contribution in [0, 0.1) is 0 Å². The van der Waals surface area contributed by atoms with E-state index in [1.54, 1.807) is 18.2 Å². The Balaban J connectivity index is 1.47. The number of amides is 2. The summed E-state index contributed by atoms with van der Waals surface area (Å²) in [4.78, 5) is 27.5. The van der Waals surface area contributed by atoms with Crippen molar-refractivity contribution in [2.45, 2.75) is 44.3 Å². The summed E-state index contributed by atoms with van der Waals surface area (Å²) in [5.74, 6) is -2.39. The summed E-state index contributed by atoms with van der Waals surface area (Å²) < 4.78 is 32.0. The van der Waals surface area contributed by atoms with Gasteiger partial charge in [-0.15, -0.1) is 0 Å². The van der Waals surface area contributed by atoms with E-state index >= 15 is 0 Å². The van der Waals surface area contributed by atoms with Gasteiger partial charge in [0.05, 0.1) is 19.3 Å². The zero-order valence-electron chi connectivity index (χ0n) is 18.6. The van der Waals surface area contributed by atoms with Crippen LogP contribution in [-0.4, -0.2) is 84.6 Å². The number of aliphatic hydroxyl groups is 1. The van der Waals surface area contributed by atoms with Crippen molar-refractivity contribution in [3.05, 3.63) is 23.8 Å². The van der Waals surface area contributed by atoms with Gasteiger partial charge in [-0.05, 0) is 24.6 Å². The van der Waals surface area contributed by atoms with E-state index in [1.165, 1.54) is 14.0 Å². The van der Waals surface area contributed by atoms with Crippen molar-refractivity contribution in [1.29, 1.82) is 0 Å². The van der Waals surface area contributed by atoms with Gasteiger partial charge in [-0.2, -0.15) is 0 Å². The van der Waals surface area contributed by atoms with E-state index in [9.17, 15) is 23.5 Å². The summed E-state index contributed by atoms with van der Waals surface area (Å²) in [5.41, 5.74) is 0.345. The molecule has 0 saturated carbocycles. The van der Waals surface area contributed by atoms with Gasteiger partial charge in [0.25, 0.3) is 5.92 Å². The number of β-amino-alcohol motifs (C(OH)–C–C–N with tert-alkyl or cyclic N) is 1. The Kier molecular flexibility index (Phi) is 7.68. The van der Waals surface area contributed by atoms with E-state index in [2.05, 4.69) is 10.6 Å². The lowest BCUT2D eigenvalue weighted by atomic mass is 10.00. The third kappa shape index (κ3) is 6.85. The van der Waals surface area contributed by atoms with E-state index < -0.39 is 11.5 Å². The highest BCUT2D eigenvalue weighted by Crippen LogP contribution is 2.30. The molecule has 3 rings (SSSR count). The molecule has 2 aliphatic heterocycles. The Morgan fingerprint density at radius 3 is 2.50 bits per heavy atom. The monoisotopic (exact) mass is 454 g/mol. The minimum absolute atomic E-state index is 0.133. The number of likely N-dealkylation sites (tertiary alicyclic amines) is 2. The normalized spacial score (nSPS) is 23.7. The van der Waals surface area contributed by atoms with Gasteiger partial charge in [0.15, 0.2) is 0 Å². The van der Waals surface area contributed by atoms with Crippen LogP contribution in [0.3, 0.4) is 0 Å². The summed E-state index contributed by atoms with van der Waals surface area (Å²) in [6.07, 6.45) is 0.142. The molecule has 0 aliphatic carbocycles. The minimum Gasteiger partial charge on any atom is -0.496 e. The predicted molar refractivity (Wildman–Crippen MR) is 116 cm³/mol. The fourth-order valence-electron chi connectivity index (χ4n) is 4.31. The molecule has 0 unspecified atom stereocenters. The van der Waals surface area contributed by atoms with Gasteiger partial charge in [-0.25, -0.2) is 8.78 Å². The van der Waals surface area contributed by atoms with Gasteiger partial charge in [0.2, 0.25) is 11.8 Å². The van der Waals surface area contributed by atoms with Crippen molar-refractivity contribution in [1.82, 2.24) is 15.1 Å². The second kappa shape index (κ2) is 10.1. The second-order valence-corrected chi connectivity index (χ2v) is 8.80. The first-order chi connectivity index (χ1) is 15.1. The highest BCUT2D eigenvalue weighted by molar-refractivity contribution is 5.88. The van der Waals surface area contributed by atoms with Crippen LogP contribution in [0.4, 0.5) is 14.5 Å². The van der Waals surface area contributed by atoms with Gasteiger partial charge in [0.1, 0.15) is 5.75 Å². The number of alkyl halides is 2. The Labute approximate surface area is 186 Å². The lowest BCUT2D eigenvalue weighted by Gasteiger charge is -2.36. The van der Waals surface area contributed by atoms with Gasteiger partial charge >= 0.3 is 0 Å². The lowest BCUT2D eigenvalue weighted by Crippen LogP contribution is -2.49. The number of carbonyl (C=O) groups excluding carboxylic acids is 2. The summed E-state index contributed by atoms with van der Waals surface area (Å²) in [6, 6.07) is 5.20. The fraction of sp³-hybridized carbons (Fsp3) is 0.636. The van der Waals surface area contributed by atoms with Crippen LogP contribution < -0.4 is 15.4 Å². The first-order valence-corrected chi connectivity index (χ1v) is 10.8. The Hall–Kier alpha value is -2.30. The first-order valence-electron chi connectivity index (χ1n) is 10.8. The Bertz CT molecular complexity index is 828. The minimum atomic E-state index is -2.61. The number of halogens is 2. The van der Waals surface area contributed by atoms with Crippen LogP contribution in [0.1, 0.15) is 31.7 Å². The zero-order chi connectivity index (χ0) is 23.4. The largest absolute Gasteiger partial charge is 0.496 e. The molecule has 10 heteroatoms. The SMILES string of the molecule is COc1ccc(NC(C)=O)cc1CNC(=O)CN1CC[C@](O)(CN2CCC(F)(F)CC2)C1. The van der Waals surface area contributed by atoms with Crippen LogP contribution in [0.5, 0.6) is 5.75 Å². The van der Waals surface area contributed by atoms with E-state index in [0.717, 1.165) is 5.56 Å². The van der Waals surface area contributed by atoms with Crippen LogP contribution in [0.2, 0.25) is 0 Å². The van der Waals surface area contributed by atoms with E-state index in [1.807, 2.05) is 9.80 Å². The van der Waals surface area contributed by atoms with Gasteiger partial charge in [-0.1, -0.05) is 0 Å². The molecule has 2 saturated heterocycles. The number of hydrogen-bond donors (Lipinski definition) is 3. The average molecular weight is 455 g/mol. The van der Waals surface area contributed by atoms with Gasteiger partial charge < -0.3 is 20.5 Å². The van der Waals surface area contributed by atoms with Crippen molar-refractivity contribution in [2.75, 3.05) is 51.7 Å². The number of nitrogens with zero attached hydrogens (tertiary/aromatic N) is 2. The molecule has 0 spiro atoms. The van der Waals surface area contributed by atoms with Crippen molar-refractivity contribution < 1.29 is 28.2 Å². The topological polar surface area (TPSA) is 94.1 Å². The number of methoxy groups -OCH3 is 1. The van der Waals surface area contributed by atoms with Crippen molar-refractivity contribution in [2.24, 2.45) is 0 Å². The summed E-state index contributed by atoms with van der Waals surface area (Å²) in [5, 5.41) is 16.4. The van der Waals surface area contributed by atoms with Crippen molar-refractivity contribution >= 4 is 17.5 Å². The molecule has 2 heterocycles. The fourth-order valence-corrected chi connectivity index (χ4v) is 4.31. The molecule has 1 aromatic rings. The molecule has 178 valence electrons. The van der Waals surface area contributed by atoms with E-state index in [4.69, 9.17) is 4.74 Å². The number of nitrogens with one attached hydrogen (secondary N) is 2. The number of rotatable bonds is 8. The maximum Gasteiger partial charge on any atom is 0.250 e. The molecular weight excluding hydrogens is 422 g/mol. The highest BCUT2D eigenvalue weighted by Gasteiger charge is 2.41. The molecule has 2 aliphatic rings. The molecule has 8 nitrogen and oxygen atoms in total. The van der Waals surface area contributed by atoms with Crippen LogP contribution >= 0.6 is 0 Å². The van der Waals surface area contributed by atoms with Crippen LogP contribution in [-0.2, 0) is 16.1 Å². The Morgan fingerprint density at radius 1 is 1.16 bits per heavy atom. The quantitative estimate of drug-likeness (QED) is 0.550. The molecule has 0 bridgehead atoms. The summed E-state index contributed by atoms with van der Waals surface area (Å²) in [6.45, 7) is 3.57. The van der Waals surface area contributed by atoms with Crippen molar-refractivity contribution in [3.8, 4) is 5.75 Å². The number of ether oxygens (including phenoxy) is 1. The standard InChI is InChI=1S/C22H32F2N4O4/c1-16(29)26-18-3-4-19(32-2)17(11-18)12-25-20(30)13-28-8-5-21(31,15-28)14-27-9-6-22(23,24)7-10-27/h3-4,11,31H,5-10,12-15H2,1-2H3,(H,25,30)(H,26,29)/t21-/m0/s1. The predicted octanol–water partition coefficient (Wildman–Crippen LogP) is 1.44. The molecule has 1 aromatic carbocycles. The summed E-state index contributed by atoms with van der Waals surface area (Å²) in [7, 11) is 1.53. The molecule has 2 amide bonds. The maximum absolute atomic E-state index is 13.3. The number of carbonyl (C=O) groups is 2. The van der Waals surface area contributed by atoms with Gasteiger partial charge in [-0.3, -0.25) is 19.4 Å². The third-order valence-electron chi connectivity index (χ3n) is 5.96. The Morgan fingerprint density at radius 2 is 1.84 bits per heavy atom. The van der Waals surface area contributed by atoms with Gasteiger partial charge in [0, 0.05) is 70.3 Å². The molecule has 1 atom stereocenters. The van der Waals surface area contributed by atoms with E-state index in [-0.39, 0.29) is 50.8 Å². The molecule has 2 fully saturated rings. The molecule has 0 radical (unpaired) electrons. The lowest BCUT2D eigenvalue weighted by molar-refractivity contribution is -0.122. The average Bonchev–Trinajstić information content (AvgIpc) is 3.08.